The molecule has 8 heteroatoms. The van der Waals surface area contributed by atoms with Crippen molar-refractivity contribution >= 4 is 39.3 Å². The van der Waals surface area contributed by atoms with Crippen LogP contribution in [0.25, 0.3) is 10.2 Å². The van der Waals surface area contributed by atoms with Crippen molar-refractivity contribution in [2.75, 3.05) is 29.4 Å². The maximum Gasteiger partial charge on any atom is 0.303 e. The van der Waals surface area contributed by atoms with E-state index in [0.29, 0.717) is 35.3 Å². The van der Waals surface area contributed by atoms with Crippen molar-refractivity contribution in [3.63, 3.8) is 0 Å². The van der Waals surface area contributed by atoms with Gasteiger partial charge < -0.3 is 14.9 Å². The lowest BCUT2D eigenvalue weighted by atomic mass is 10.1. The first kappa shape index (κ1) is 15.8. The molecular weight excluding hydrogens is 350 g/mol. The zero-order valence-electron chi connectivity index (χ0n) is 14.4. The number of aliphatic carboxylic acids is 1. The van der Waals surface area contributed by atoms with E-state index >= 15 is 0 Å². The Morgan fingerprint density at radius 3 is 2.77 bits per heavy atom. The summed E-state index contributed by atoms with van der Waals surface area (Å²) in [5, 5.41) is 20.3. The lowest BCUT2D eigenvalue weighted by Crippen LogP contribution is -2.46. The summed E-state index contributed by atoms with van der Waals surface area (Å²) in [7, 11) is 0. The Balaban J connectivity index is 1.49. The first-order valence-electron chi connectivity index (χ1n) is 8.99. The van der Waals surface area contributed by atoms with Gasteiger partial charge in [-0.3, -0.25) is 4.79 Å². The standard InChI is InChI=1S/C18H19N5O2S/c1-9-2-3-23(9)18-20-15-10(5-19)8-26-16(15)17(21-18)22-6-12-11(4-14(24)25)13(12)7-22/h8-9,11-13H,2-4,6-7H2,1H3,(H,24,25)/t9-,11-,12-,13+/m0/s1. The summed E-state index contributed by atoms with van der Waals surface area (Å²) in [6.45, 7) is 4.81. The van der Waals surface area contributed by atoms with Crippen molar-refractivity contribution in [3.05, 3.63) is 10.9 Å². The van der Waals surface area contributed by atoms with Crippen LogP contribution in [0.4, 0.5) is 11.8 Å². The molecule has 2 aromatic heterocycles. The van der Waals surface area contributed by atoms with Gasteiger partial charge in [0.2, 0.25) is 5.95 Å². The molecule has 2 aromatic rings. The van der Waals surface area contributed by atoms with Gasteiger partial charge in [-0.25, -0.2) is 4.98 Å². The molecule has 1 aliphatic carbocycles. The summed E-state index contributed by atoms with van der Waals surface area (Å²) in [5.74, 6) is 2.15. The quantitative estimate of drug-likeness (QED) is 0.884. The average molecular weight is 369 g/mol. The molecule has 1 saturated carbocycles. The predicted molar refractivity (Wildman–Crippen MR) is 98.5 cm³/mol. The zero-order valence-corrected chi connectivity index (χ0v) is 15.2. The molecule has 1 N–H and O–H groups in total. The molecule has 0 unspecified atom stereocenters. The van der Waals surface area contributed by atoms with Crippen LogP contribution >= 0.6 is 11.3 Å². The summed E-state index contributed by atoms with van der Waals surface area (Å²) in [4.78, 5) is 25.0. The van der Waals surface area contributed by atoms with Crippen LogP contribution in [0, 0.1) is 29.1 Å². The average Bonchev–Trinajstić information content (AvgIpc) is 2.99. The third-order valence-corrected chi connectivity index (χ3v) is 7.13. The molecule has 0 amide bonds. The van der Waals surface area contributed by atoms with Gasteiger partial charge in [0.25, 0.3) is 0 Å². The van der Waals surface area contributed by atoms with E-state index in [1.807, 2.05) is 5.38 Å². The van der Waals surface area contributed by atoms with Crippen molar-refractivity contribution in [2.24, 2.45) is 17.8 Å². The number of rotatable bonds is 4. The minimum atomic E-state index is -0.702. The monoisotopic (exact) mass is 369 g/mol. The normalized spacial score (nSPS) is 29.4. The van der Waals surface area contributed by atoms with Crippen LogP contribution in [-0.2, 0) is 4.79 Å². The van der Waals surface area contributed by atoms with Gasteiger partial charge in [-0.05, 0) is 31.1 Å². The van der Waals surface area contributed by atoms with Crippen LogP contribution in [0.15, 0.2) is 5.38 Å². The number of fused-ring (bicyclic) bond motifs is 2. The lowest BCUT2D eigenvalue weighted by molar-refractivity contribution is -0.137. The summed E-state index contributed by atoms with van der Waals surface area (Å²) >= 11 is 1.52. The Bertz CT molecular complexity index is 939. The Morgan fingerprint density at radius 2 is 2.19 bits per heavy atom. The number of carbonyl (C=O) groups is 1. The molecule has 3 fully saturated rings. The number of anilines is 2. The number of hydrogen-bond acceptors (Lipinski definition) is 7. The molecule has 5 rings (SSSR count). The van der Waals surface area contributed by atoms with Crippen LogP contribution < -0.4 is 9.80 Å². The number of piperidine rings is 1. The minimum absolute atomic E-state index is 0.274. The number of thiophene rings is 1. The molecule has 0 spiro atoms. The lowest BCUT2D eigenvalue weighted by Gasteiger charge is -2.39. The maximum atomic E-state index is 11.0. The fourth-order valence-corrected chi connectivity index (χ4v) is 5.40. The topological polar surface area (TPSA) is 93.4 Å². The highest BCUT2D eigenvalue weighted by Gasteiger charge is 2.56. The molecule has 7 nitrogen and oxygen atoms in total. The molecule has 0 bridgehead atoms. The van der Waals surface area contributed by atoms with E-state index in [0.717, 1.165) is 42.1 Å². The highest BCUT2D eigenvalue weighted by atomic mass is 32.1. The number of nitrogens with zero attached hydrogens (tertiary/aromatic N) is 5. The van der Waals surface area contributed by atoms with Crippen LogP contribution in [-0.4, -0.2) is 46.7 Å². The summed E-state index contributed by atoms with van der Waals surface area (Å²) in [5.41, 5.74) is 1.36. The molecular formula is C18H19N5O2S. The van der Waals surface area contributed by atoms with Gasteiger partial charge in [0.15, 0.2) is 5.82 Å². The van der Waals surface area contributed by atoms with Crippen molar-refractivity contribution in [1.29, 1.82) is 5.26 Å². The Kier molecular flexibility index (Phi) is 3.38. The fraction of sp³-hybridized carbons (Fsp3) is 0.556. The van der Waals surface area contributed by atoms with Gasteiger partial charge in [-0.1, -0.05) is 0 Å². The molecule has 4 heterocycles. The van der Waals surface area contributed by atoms with Crippen LogP contribution in [0.1, 0.15) is 25.3 Å². The summed E-state index contributed by atoms with van der Waals surface area (Å²) in [6.07, 6.45) is 1.41. The molecule has 0 aromatic carbocycles. The van der Waals surface area contributed by atoms with E-state index in [-0.39, 0.29) is 6.42 Å². The molecule has 26 heavy (non-hydrogen) atoms. The Labute approximate surface area is 154 Å². The molecule has 4 atom stereocenters. The van der Waals surface area contributed by atoms with Crippen LogP contribution in [0.5, 0.6) is 0 Å². The molecule has 2 aliphatic heterocycles. The van der Waals surface area contributed by atoms with Crippen molar-refractivity contribution in [2.45, 2.75) is 25.8 Å². The Hall–Kier alpha value is -2.40. The minimum Gasteiger partial charge on any atom is -0.481 e. The van der Waals surface area contributed by atoms with Gasteiger partial charge in [0, 0.05) is 37.5 Å². The van der Waals surface area contributed by atoms with E-state index in [9.17, 15) is 10.1 Å². The third-order valence-electron chi connectivity index (χ3n) is 6.16. The van der Waals surface area contributed by atoms with Gasteiger partial charge in [0.1, 0.15) is 11.6 Å². The van der Waals surface area contributed by atoms with E-state index in [2.05, 4.69) is 22.8 Å². The second kappa shape index (κ2) is 5.55. The van der Waals surface area contributed by atoms with E-state index in [1.54, 1.807) is 0 Å². The van der Waals surface area contributed by atoms with Crippen LogP contribution in [0.3, 0.4) is 0 Å². The van der Waals surface area contributed by atoms with Gasteiger partial charge in [-0.15, -0.1) is 11.3 Å². The van der Waals surface area contributed by atoms with Gasteiger partial charge in [0.05, 0.1) is 10.3 Å². The number of aromatic nitrogens is 2. The molecule has 3 aliphatic rings. The van der Waals surface area contributed by atoms with Crippen molar-refractivity contribution in [1.82, 2.24) is 9.97 Å². The summed E-state index contributed by atoms with van der Waals surface area (Å²) < 4.78 is 0.967. The van der Waals surface area contributed by atoms with Crippen molar-refractivity contribution in [3.8, 4) is 6.07 Å². The predicted octanol–water partition coefficient (Wildman–Crippen LogP) is 2.32. The van der Waals surface area contributed by atoms with Crippen LogP contribution in [0.2, 0.25) is 0 Å². The molecule has 134 valence electrons. The number of carboxylic acid groups (broad SMARTS) is 1. The highest BCUT2D eigenvalue weighted by Crippen LogP contribution is 2.55. The third kappa shape index (κ3) is 2.27. The second-order valence-corrected chi connectivity index (χ2v) is 8.49. The largest absolute Gasteiger partial charge is 0.481 e. The van der Waals surface area contributed by atoms with Gasteiger partial charge in [-0.2, -0.15) is 10.2 Å². The molecule has 0 radical (unpaired) electrons. The molecule has 2 saturated heterocycles. The highest BCUT2D eigenvalue weighted by molar-refractivity contribution is 7.18. The number of hydrogen-bond donors (Lipinski definition) is 1. The Morgan fingerprint density at radius 1 is 1.42 bits per heavy atom. The number of nitriles is 1. The van der Waals surface area contributed by atoms with E-state index in [1.165, 1.54) is 11.3 Å². The number of carboxylic acids is 1. The van der Waals surface area contributed by atoms with Gasteiger partial charge >= 0.3 is 5.97 Å². The van der Waals surface area contributed by atoms with Crippen molar-refractivity contribution < 1.29 is 9.90 Å². The fourth-order valence-electron chi connectivity index (χ4n) is 4.45. The zero-order chi connectivity index (χ0) is 18.0. The van der Waals surface area contributed by atoms with E-state index < -0.39 is 5.97 Å². The first-order valence-corrected chi connectivity index (χ1v) is 9.87. The maximum absolute atomic E-state index is 11.0. The second-order valence-electron chi connectivity index (χ2n) is 7.61. The smallest absolute Gasteiger partial charge is 0.303 e. The van der Waals surface area contributed by atoms with E-state index in [4.69, 9.17) is 15.1 Å². The SMILES string of the molecule is C[C@H]1CCN1c1nc(N2C[C@@H]3[C@@H](CC(=O)O)[C@@H]3C2)c2scc(C#N)c2n1. The summed E-state index contributed by atoms with van der Waals surface area (Å²) in [6, 6.07) is 2.67. The first-order chi connectivity index (χ1) is 12.6.